The zero-order valence-corrected chi connectivity index (χ0v) is 10.8. The van der Waals surface area contributed by atoms with E-state index in [2.05, 4.69) is 17.2 Å². The number of nitrogens with one attached hydrogen (secondary N) is 1. The highest BCUT2D eigenvalue weighted by molar-refractivity contribution is 5.98. The van der Waals surface area contributed by atoms with Crippen molar-refractivity contribution in [3.8, 4) is 0 Å². The van der Waals surface area contributed by atoms with Gasteiger partial charge in [-0.15, -0.1) is 0 Å². The standard InChI is InChI=1S/C14H19N3O/c1-10(7-9-18-2)17-13-6-5-12(15)14-11(13)4-3-8-16-14/h3-6,8,10,17H,7,9,15H2,1-2H3. The Bertz CT molecular complexity index is 527. The van der Waals surface area contributed by atoms with Crippen molar-refractivity contribution < 1.29 is 4.74 Å². The van der Waals surface area contributed by atoms with Gasteiger partial charge in [-0.25, -0.2) is 0 Å². The third-order valence-corrected chi connectivity index (χ3v) is 2.96. The molecule has 4 nitrogen and oxygen atoms in total. The Balaban J connectivity index is 2.26. The SMILES string of the molecule is COCCC(C)Nc1ccc(N)c2ncccc12. The smallest absolute Gasteiger partial charge is 0.0951 e. The lowest BCUT2D eigenvalue weighted by Gasteiger charge is -2.16. The molecule has 1 aromatic carbocycles. The van der Waals surface area contributed by atoms with Crippen molar-refractivity contribution in [3.05, 3.63) is 30.5 Å². The Morgan fingerprint density at radius 3 is 3.00 bits per heavy atom. The molecular formula is C14H19N3O. The normalized spacial score (nSPS) is 12.6. The van der Waals surface area contributed by atoms with E-state index in [-0.39, 0.29) is 0 Å². The number of nitrogens with zero attached hydrogens (tertiary/aromatic N) is 1. The summed E-state index contributed by atoms with van der Waals surface area (Å²) in [5, 5.41) is 4.53. The van der Waals surface area contributed by atoms with E-state index in [1.165, 1.54) is 0 Å². The van der Waals surface area contributed by atoms with Gasteiger partial charge >= 0.3 is 0 Å². The molecule has 0 aliphatic rings. The van der Waals surface area contributed by atoms with Gasteiger partial charge in [0.1, 0.15) is 0 Å². The molecule has 1 unspecified atom stereocenters. The minimum absolute atomic E-state index is 0.344. The summed E-state index contributed by atoms with van der Waals surface area (Å²) in [6, 6.07) is 8.19. The van der Waals surface area contributed by atoms with Crippen LogP contribution in [0.15, 0.2) is 30.5 Å². The summed E-state index contributed by atoms with van der Waals surface area (Å²) in [6.07, 6.45) is 2.72. The van der Waals surface area contributed by atoms with Gasteiger partial charge in [0.25, 0.3) is 0 Å². The Kier molecular flexibility index (Phi) is 3.99. The molecule has 2 rings (SSSR count). The maximum atomic E-state index is 5.93. The van der Waals surface area contributed by atoms with Crippen molar-refractivity contribution in [3.63, 3.8) is 0 Å². The van der Waals surface area contributed by atoms with E-state index in [0.29, 0.717) is 11.7 Å². The van der Waals surface area contributed by atoms with Crippen LogP contribution >= 0.6 is 0 Å². The number of ether oxygens (including phenoxy) is 1. The van der Waals surface area contributed by atoms with Gasteiger partial charge in [-0.3, -0.25) is 4.98 Å². The fourth-order valence-electron chi connectivity index (χ4n) is 1.95. The molecule has 0 spiro atoms. The summed E-state index contributed by atoms with van der Waals surface area (Å²) < 4.78 is 5.08. The molecule has 0 fully saturated rings. The molecule has 0 saturated heterocycles. The average Bonchev–Trinajstić information content (AvgIpc) is 2.40. The number of fused-ring (bicyclic) bond motifs is 1. The van der Waals surface area contributed by atoms with Crippen LogP contribution < -0.4 is 11.1 Å². The van der Waals surface area contributed by atoms with Gasteiger partial charge in [0.05, 0.1) is 11.2 Å². The predicted molar refractivity (Wildman–Crippen MR) is 75.7 cm³/mol. The summed E-state index contributed by atoms with van der Waals surface area (Å²) in [4.78, 5) is 4.32. The molecule has 0 amide bonds. The van der Waals surface area contributed by atoms with Gasteiger partial charge < -0.3 is 15.8 Å². The second-order valence-electron chi connectivity index (χ2n) is 4.43. The van der Waals surface area contributed by atoms with Gasteiger partial charge in [-0.05, 0) is 37.6 Å². The average molecular weight is 245 g/mol. The molecular weight excluding hydrogens is 226 g/mol. The zero-order valence-electron chi connectivity index (χ0n) is 10.8. The predicted octanol–water partition coefficient (Wildman–Crippen LogP) is 2.65. The molecule has 1 aromatic heterocycles. The molecule has 0 aliphatic heterocycles. The van der Waals surface area contributed by atoms with E-state index in [1.807, 2.05) is 24.3 Å². The van der Waals surface area contributed by atoms with Crippen LogP contribution in [0.2, 0.25) is 0 Å². The van der Waals surface area contributed by atoms with E-state index in [1.54, 1.807) is 13.3 Å². The number of hydrogen-bond donors (Lipinski definition) is 2. The number of hydrogen-bond acceptors (Lipinski definition) is 4. The Hall–Kier alpha value is -1.81. The Morgan fingerprint density at radius 2 is 2.22 bits per heavy atom. The van der Waals surface area contributed by atoms with Crippen LogP contribution in [0.4, 0.5) is 11.4 Å². The number of benzene rings is 1. The first-order valence-corrected chi connectivity index (χ1v) is 6.11. The molecule has 0 radical (unpaired) electrons. The number of nitrogens with two attached hydrogens (primary N) is 1. The second-order valence-corrected chi connectivity index (χ2v) is 4.43. The lowest BCUT2D eigenvalue weighted by molar-refractivity contribution is 0.191. The monoisotopic (exact) mass is 245 g/mol. The van der Waals surface area contributed by atoms with Crippen LogP contribution in [-0.2, 0) is 4.74 Å². The van der Waals surface area contributed by atoms with E-state index in [4.69, 9.17) is 10.5 Å². The fourth-order valence-corrected chi connectivity index (χ4v) is 1.95. The molecule has 0 bridgehead atoms. The molecule has 2 aromatic rings. The van der Waals surface area contributed by atoms with Crippen LogP contribution in [0.3, 0.4) is 0 Å². The molecule has 3 N–H and O–H groups in total. The number of pyridine rings is 1. The second kappa shape index (κ2) is 5.69. The minimum Gasteiger partial charge on any atom is -0.397 e. The van der Waals surface area contributed by atoms with Crippen molar-refractivity contribution in [2.24, 2.45) is 0 Å². The highest BCUT2D eigenvalue weighted by Gasteiger charge is 2.07. The summed E-state index contributed by atoms with van der Waals surface area (Å²) >= 11 is 0. The largest absolute Gasteiger partial charge is 0.397 e. The van der Waals surface area contributed by atoms with Crippen molar-refractivity contribution in [2.75, 3.05) is 24.8 Å². The Labute approximate surface area is 107 Å². The van der Waals surface area contributed by atoms with Crippen molar-refractivity contribution in [1.29, 1.82) is 0 Å². The third-order valence-electron chi connectivity index (χ3n) is 2.96. The van der Waals surface area contributed by atoms with Crippen molar-refractivity contribution in [2.45, 2.75) is 19.4 Å². The van der Waals surface area contributed by atoms with Gasteiger partial charge in [0.2, 0.25) is 0 Å². The molecule has 0 saturated carbocycles. The van der Waals surface area contributed by atoms with Crippen LogP contribution in [-0.4, -0.2) is 24.7 Å². The number of anilines is 2. The van der Waals surface area contributed by atoms with Crippen LogP contribution in [0.25, 0.3) is 10.9 Å². The first kappa shape index (κ1) is 12.6. The third kappa shape index (κ3) is 2.71. The van der Waals surface area contributed by atoms with Gasteiger partial charge in [0.15, 0.2) is 0 Å². The summed E-state index contributed by atoms with van der Waals surface area (Å²) in [6.45, 7) is 2.89. The molecule has 1 heterocycles. The first-order chi connectivity index (χ1) is 8.72. The van der Waals surface area contributed by atoms with E-state index in [9.17, 15) is 0 Å². The van der Waals surface area contributed by atoms with Gasteiger partial charge in [0, 0.05) is 37.0 Å². The lowest BCUT2D eigenvalue weighted by atomic mass is 10.1. The van der Waals surface area contributed by atoms with Crippen molar-refractivity contribution >= 4 is 22.3 Å². The Morgan fingerprint density at radius 1 is 1.39 bits per heavy atom. The number of methoxy groups -OCH3 is 1. The molecule has 0 aliphatic carbocycles. The fraction of sp³-hybridized carbons (Fsp3) is 0.357. The topological polar surface area (TPSA) is 60.2 Å². The molecule has 4 heteroatoms. The molecule has 96 valence electrons. The first-order valence-electron chi connectivity index (χ1n) is 6.11. The maximum absolute atomic E-state index is 5.93. The molecule has 1 atom stereocenters. The van der Waals surface area contributed by atoms with Gasteiger partial charge in [-0.1, -0.05) is 0 Å². The molecule has 18 heavy (non-hydrogen) atoms. The van der Waals surface area contributed by atoms with Crippen molar-refractivity contribution in [1.82, 2.24) is 4.98 Å². The number of nitrogen functional groups attached to an aromatic ring is 1. The number of rotatable bonds is 5. The summed E-state index contributed by atoms with van der Waals surface area (Å²) in [7, 11) is 1.72. The van der Waals surface area contributed by atoms with Crippen LogP contribution in [0, 0.1) is 0 Å². The lowest BCUT2D eigenvalue weighted by Crippen LogP contribution is -2.17. The highest BCUT2D eigenvalue weighted by Crippen LogP contribution is 2.27. The van der Waals surface area contributed by atoms with Crippen LogP contribution in [0.5, 0.6) is 0 Å². The summed E-state index contributed by atoms with van der Waals surface area (Å²) in [5.41, 5.74) is 8.55. The van der Waals surface area contributed by atoms with Gasteiger partial charge in [-0.2, -0.15) is 0 Å². The highest BCUT2D eigenvalue weighted by atomic mass is 16.5. The van der Waals surface area contributed by atoms with E-state index in [0.717, 1.165) is 29.6 Å². The van der Waals surface area contributed by atoms with Crippen LogP contribution in [0.1, 0.15) is 13.3 Å². The van der Waals surface area contributed by atoms with E-state index >= 15 is 0 Å². The van der Waals surface area contributed by atoms with E-state index < -0.39 is 0 Å². The number of aromatic nitrogens is 1. The summed E-state index contributed by atoms with van der Waals surface area (Å²) in [5.74, 6) is 0. The quantitative estimate of drug-likeness (QED) is 0.795. The maximum Gasteiger partial charge on any atom is 0.0951 e. The zero-order chi connectivity index (χ0) is 13.0. The minimum atomic E-state index is 0.344.